The minimum absolute atomic E-state index is 0.0740. The maximum absolute atomic E-state index is 12.5. The molecule has 8 heteroatoms. The van der Waals surface area contributed by atoms with Crippen molar-refractivity contribution >= 4 is 10.0 Å². The molecule has 0 saturated heterocycles. The largest absolute Gasteiger partial charge is 0.281 e. The number of nitrogens with zero attached hydrogens (tertiary/aromatic N) is 4. The van der Waals surface area contributed by atoms with Gasteiger partial charge in [0.25, 0.3) is 0 Å². The molecule has 0 atom stereocenters. The van der Waals surface area contributed by atoms with Crippen LogP contribution in [0.25, 0.3) is 0 Å². The van der Waals surface area contributed by atoms with E-state index in [4.69, 9.17) is 10.5 Å². The van der Waals surface area contributed by atoms with Crippen LogP contribution in [0.15, 0.2) is 4.90 Å². The molecule has 1 aromatic heterocycles. The average Bonchev–Trinajstić information content (AvgIpc) is 2.69. The first kappa shape index (κ1) is 15.2. The zero-order valence-electron chi connectivity index (χ0n) is 10.8. The van der Waals surface area contributed by atoms with E-state index in [-0.39, 0.29) is 30.8 Å². The first-order valence-electron chi connectivity index (χ1n) is 5.70. The highest BCUT2D eigenvalue weighted by Gasteiger charge is 2.29. The second-order valence-electron chi connectivity index (χ2n) is 3.98. The van der Waals surface area contributed by atoms with Crippen molar-refractivity contribution in [3.05, 3.63) is 11.4 Å². The van der Waals surface area contributed by atoms with Gasteiger partial charge in [0.05, 0.1) is 23.5 Å². The van der Waals surface area contributed by atoms with E-state index >= 15 is 0 Å². The van der Waals surface area contributed by atoms with Crippen LogP contribution < -0.4 is 0 Å². The van der Waals surface area contributed by atoms with Gasteiger partial charge in [-0.3, -0.25) is 5.10 Å². The van der Waals surface area contributed by atoms with E-state index in [0.29, 0.717) is 11.4 Å². The standard InChI is InChI=1S/C11H15N5O2S/c1-9-11(10(2)15-14-9)19(17,18)16(7-3-5-12)8-4-6-13/h3-4,7-8H2,1-2H3,(H,14,15). The molecular weight excluding hydrogens is 266 g/mol. The molecule has 0 amide bonds. The Labute approximate surface area is 112 Å². The summed E-state index contributed by atoms with van der Waals surface area (Å²) in [5.41, 5.74) is 0.841. The van der Waals surface area contributed by atoms with Crippen LogP contribution in [0, 0.1) is 36.5 Å². The van der Waals surface area contributed by atoms with Crippen molar-refractivity contribution in [3.8, 4) is 12.1 Å². The lowest BCUT2D eigenvalue weighted by atomic mass is 10.4. The van der Waals surface area contributed by atoms with Crippen molar-refractivity contribution in [2.75, 3.05) is 13.1 Å². The van der Waals surface area contributed by atoms with Crippen LogP contribution >= 0.6 is 0 Å². The van der Waals surface area contributed by atoms with Crippen molar-refractivity contribution in [2.24, 2.45) is 0 Å². The molecule has 1 rings (SSSR count). The van der Waals surface area contributed by atoms with Crippen LogP contribution in [0.1, 0.15) is 24.2 Å². The van der Waals surface area contributed by atoms with E-state index in [2.05, 4.69) is 10.2 Å². The van der Waals surface area contributed by atoms with Gasteiger partial charge in [-0.15, -0.1) is 0 Å². The Bertz CT molecular complexity index is 583. The zero-order chi connectivity index (χ0) is 14.5. The number of aromatic amines is 1. The summed E-state index contributed by atoms with van der Waals surface area (Å²) in [5.74, 6) is 0. The third-order valence-corrected chi connectivity index (χ3v) is 4.77. The number of sulfonamides is 1. The molecule has 0 spiro atoms. The molecule has 102 valence electrons. The molecular formula is C11H15N5O2S. The maximum Gasteiger partial charge on any atom is 0.246 e. The second-order valence-corrected chi connectivity index (χ2v) is 5.86. The molecule has 0 aliphatic rings. The quantitative estimate of drug-likeness (QED) is 0.830. The summed E-state index contributed by atoms with van der Waals surface area (Å²) in [6.45, 7) is 3.37. The zero-order valence-corrected chi connectivity index (χ0v) is 11.7. The van der Waals surface area contributed by atoms with E-state index < -0.39 is 10.0 Å². The van der Waals surface area contributed by atoms with Crippen LogP contribution in [-0.2, 0) is 10.0 Å². The minimum Gasteiger partial charge on any atom is -0.281 e. The Morgan fingerprint density at radius 1 is 1.21 bits per heavy atom. The third-order valence-electron chi connectivity index (χ3n) is 2.60. The van der Waals surface area contributed by atoms with Gasteiger partial charge in [0, 0.05) is 25.9 Å². The second kappa shape index (κ2) is 6.32. The number of nitrogens with one attached hydrogen (secondary N) is 1. The molecule has 1 N–H and O–H groups in total. The van der Waals surface area contributed by atoms with Crippen molar-refractivity contribution < 1.29 is 8.42 Å². The minimum atomic E-state index is -3.73. The highest BCUT2D eigenvalue weighted by atomic mass is 32.2. The fourth-order valence-electron chi connectivity index (χ4n) is 1.75. The number of aromatic nitrogens is 2. The van der Waals surface area contributed by atoms with Gasteiger partial charge >= 0.3 is 0 Å². The highest BCUT2D eigenvalue weighted by Crippen LogP contribution is 2.21. The van der Waals surface area contributed by atoms with Crippen molar-refractivity contribution in [2.45, 2.75) is 31.6 Å². The molecule has 0 radical (unpaired) electrons. The molecule has 0 aliphatic carbocycles. The first-order valence-corrected chi connectivity index (χ1v) is 7.14. The number of hydrogen-bond acceptors (Lipinski definition) is 5. The number of nitriles is 2. The Morgan fingerprint density at radius 2 is 1.74 bits per heavy atom. The predicted molar refractivity (Wildman–Crippen MR) is 67.3 cm³/mol. The summed E-state index contributed by atoms with van der Waals surface area (Å²) < 4.78 is 26.1. The van der Waals surface area contributed by atoms with Crippen LogP contribution in [-0.4, -0.2) is 36.0 Å². The van der Waals surface area contributed by atoms with Gasteiger partial charge in [-0.05, 0) is 13.8 Å². The number of H-pyrrole nitrogens is 1. The highest BCUT2D eigenvalue weighted by molar-refractivity contribution is 7.89. The van der Waals surface area contributed by atoms with Gasteiger partial charge in [0.15, 0.2) is 0 Å². The van der Waals surface area contributed by atoms with E-state index in [0.717, 1.165) is 4.31 Å². The molecule has 0 bridgehead atoms. The van der Waals surface area contributed by atoms with Gasteiger partial charge < -0.3 is 0 Å². The molecule has 7 nitrogen and oxygen atoms in total. The fraction of sp³-hybridized carbons (Fsp3) is 0.545. The van der Waals surface area contributed by atoms with Crippen LogP contribution in [0.3, 0.4) is 0 Å². The maximum atomic E-state index is 12.5. The van der Waals surface area contributed by atoms with Gasteiger partial charge in [-0.2, -0.15) is 19.9 Å². The lowest BCUT2D eigenvalue weighted by Gasteiger charge is -2.20. The van der Waals surface area contributed by atoms with Crippen molar-refractivity contribution in [3.63, 3.8) is 0 Å². The molecule has 1 aromatic rings. The van der Waals surface area contributed by atoms with Crippen molar-refractivity contribution in [1.82, 2.24) is 14.5 Å². The summed E-state index contributed by atoms with van der Waals surface area (Å²) in [6.07, 6.45) is 0.168. The fourth-order valence-corrected chi connectivity index (χ4v) is 3.52. The topological polar surface area (TPSA) is 114 Å². The van der Waals surface area contributed by atoms with E-state index in [1.165, 1.54) is 0 Å². The summed E-state index contributed by atoms with van der Waals surface area (Å²) in [4.78, 5) is 0.128. The molecule has 19 heavy (non-hydrogen) atoms. The molecule has 0 saturated carbocycles. The van der Waals surface area contributed by atoms with Crippen LogP contribution in [0.5, 0.6) is 0 Å². The van der Waals surface area contributed by atoms with Crippen LogP contribution in [0.4, 0.5) is 0 Å². The van der Waals surface area contributed by atoms with Gasteiger partial charge in [0.2, 0.25) is 10.0 Å². The smallest absolute Gasteiger partial charge is 0.246 e. The lowest BCUT2D eigenvalue weighted by molar-refractivity contribution is 0.424. The van der Waals surface area contributed by atoms with E-state index in [1.807, 2.05) is 12.1 Å². The summed E-state index contributed by atoms with van der Waals surface area (Å²) in [6, 6.07) is 3.82. The Hall–Kier alpha value is -1.90. The van der Waals surface area contributed by atoms with E-state index in [9.17, 15) is 8.42 Å². The summed E-state index contributed by atoms with van der Waals surface area (Å²) in [5, 5.41) is 23.7. The molecule has 0 aromatic carbocycles. The molecule has 0 unspecified atom stereocenters. The van der Waals surface area contributed by atoms with Gasteiger partial charge in [0.1, 0.15) is 4.90 Å². The SMILES string of the molecule is Cc1n[nH]c(C)c1S(=O)(=O)N(CCC#N)CCC#N. The van der Waals surface area contributed by atoms with Gasteiger partial charge in [-0.25, -0.2) is 8.42 Å². The normalized spacial score (nSPS) is 11.2. The summed E-state index contributed by atoms with van der Waals surface area (Å²) >= 11 is 0. The third kappa shape index (κ3) is 3.31. The monoisotopic (exact) mass is 281 g/mol. The molecule has 0 aliphatic heterocycles. The Balaban J connectivity index is 3.13. The first-order chi connectivity index (χ1) is 8.95. The van der Waals surface area contributed by atoms with Crippen LogP contribution in [0.2, 0.25) is 0 Å². The van der Waals surface area contributed by atoms with Gasteiger partial charge in [-0.1, -0.05) is 0 Å². The Kier molecular flexibility index (Phi) is 5.04. The number of hydrogen-bond donors (Lipinski definition) is 1. The number of aryl methyl sites for hydroxylation is 2. The number of rotatable bonds is 6. The summed E-state index contributed by atoms with van der Waals surface area (Å²) in [7, 11) is -3.73. The average molecular weight is 281 g/mol. The van der Waals surface area contributed by atoms with E-state index in [1.54, 1.807) is 13.8 Å². The van der Waals surface area contributed by atoms with Crippen molar-refractivity contribution in [1.29, 1.82) is 10.5 Å². The lowest BCUT2D eigenvalue weighted by Crippen LogP contribution is -2.33. The predicted octanol–water partition coefficient (Wildman–Crippen LogP) is 0.845. The molecule has 1 heterocycles. The molecule has 0 fully saturated rings. The Morgan fingerprint density at radius 3 is 2.11 bits per heavy atom.